The third-order valence-electron chi connectivity index (χ3n) is 12.4. The molecule has 66 heavy (non-hydrogen) atoms. The Hall–Kier alpha value is -2.02. The number of aliphatic hydroxyl groups is 7. The molecule has 11 atom stereocenters. The summed E-state index contributed by atoms with van der Waals surface area (Å²) in [7, 11) is 0. The SMILES string of the molecule is CCCCCCCC/C=C/C/C=C/CCCCC(=O)OC[C@H](CO[C@@H]1O[C@H](CO[C@@H]2O[C@H](CO)[C@H](O)C(O)C2O)[C@H](O)C(O)C1O)OC(=O)CCCCCCCCCCCCCCCCC. The number of rotatable bonds is 40. The molecule has 2 rings (SSSR count). The quantitative estimate of drug-likeness (QED) is 0.0184. The van der Waals surface area contributed by atoms with Gasteiger partial charge in [-0.05, 0) is 44.9 Å². The Morgan fingerprint density at radius 3 is 1.44 bits per heavy atom. The first-order valence-corrected chi connectivity index (χ1v) is 25.9. The lowest BCUT2D eigenvalue weighted by Crippen LogP contribution is -2.61. The molecule has 2 heterocycles. The molecule has 0 aromatic carbocycles. The first-order chi connectivity index (χ1) is 32.0. The molecule has 0 spiro atoms. The van der Waals surface area contributed by atoms with Gasteiger partial charge in [0.05, 0.1) is 19.8 Å². The van der Waals surface area contributed by atoms with Crippen molar-refractivity contribution in [1.29, 1.82) is 0 Å². The van der Waals surface area contributed by atoms with Crippen LogP contribution in [0, 0.1) is 0 Å². The lowest BCUT2D eigenvalue weighted by Gasteiger charge is -2.42. The van der Waals surface area contributed by atoms with E-state index in [9.17, 15) is 45.3 Å². The maximum atomic E-state index is 13.0. The number of allylic oxidation sites excluding steroid dienone is 4. The minimum Gasteiger partial charge on any atom is -0.462 e. The van der Waals surface area contributed by atoms with Gasteiger partial charge in [0, 0.05) is 12.8 Å². The molecule has 2 fully saturated rings. The molecule has 2 saturated heterocycles. The minimum absolute atomic E-state index is 0.163. The Bertz CT molecular complexity index is 1250. The first-order valence-electron chi connectivity index (χ1n) is 25.9. The Morgan fingerprint density at radius 2 is 0.909 bits per heavy atom. The largest absolute Gasteiger partial charge is 0.462 e. The van der Waals surface area contributed by atoms with Crippen molar-refractivity contribution in [2.75, 3.05) is 26.4 Å². The van der Waals surface area contributed by atoms with E-state index in [4.69, 9.17) is 28.4 Å². The van der Waals surface area contributed by atoms with Gasteiger partial charge in [-0.3, -0.25) is 9.59 Å². The summed E-state index contributed by atoms with van der Waals surface area (Å²) in [5.41, 5.74) is 0. The van der Waals surface area contributed by atoms with E-state index < -0.39 is 92.7 Å². The average Bonchev–Trinajstić information content (AvgIpc) is 3.31. The molecule has 0 amide bonds. The third-order valence-corrected chi connectivity index (χ3v) is 12.4. The van der Waals surface area contributed by atoms with Crippen molar-refractivity contribution in [3.63, 3.8) is 0 Å². The van der Waals surface area contributed by atoms with Crippen LogP contribution in [0.5, 0.6) is 0 Å². The molecule has 2 aliphatic rings. The number of carbonyl (C=O) groups is 2. The molecule has 0 aromatic heterocycles. The highest BCUT2D eigenvalue weighted by atomic mass is 16.7. The fourth-order valence-electron chi connectivity index (χ4n) is 8.13. The lowest BCUT2D eigenvalue weighted by molar-refractivity contribution is -0.332. The molecule has 0 aromatic rings. The molecular weight excluding hydrogens is 853 g/mol. The average molecular weight is 945 g/mol. The van der Waals surface area contributed by atoms with Gasteiger partial charge in [0.2, 0.25) is 0 Å². The molecule has 7 N–H and O–H groups in total. The van der Waals surface area contributed by atoms with Crippen molar-refractivity contribution in [1.82, 2.24) is 0 Å². The predicted molar refractivity (Wildman–Crippen MR) is 252 cm³/mol. The van der Waals surface area contributed by atoms with Gasteiger partial charge in [-0.15, -0.1) is 0 Å². The van der Waals surface area contributed by atoms with Crippen LogP contribution in [0.25, 0.3) is 0 Å². The van der Waals surface area contributed by atoms with E-state index in [1.807, 2.05) is 0 Å². The number of ether oxygens (including phenoxy) is 6. The topological polar surface area (TPSA) is 231 Å². The summed E-state index contributed by atoms with van der Waals surface area (Å²) in [5.74, 6) is -0.956. The van der Waals surface area contributed by atoms with Crippen molar-refractivity contribution in [2.24, 2.45) is 0 Å². The Labute approximate surface area is 396 Å². The molecule has 0 radical (unpaired) electrons. The van der Waals surface area contributed by atoms with Crippen molar-refractivity contribution >= 4 is 11.9 Å². The molecule has 0 saturated carbocycles. The maximum absolute atomic E-state index is 13.0. The molecule has 386 valence electrons. The van der Waals surface area contributed by atoms with Crippen LogP contribution >= 0.6 is 0 Å². The number of hydrogen-bond acceptors (Lipinski definition) is 15. The third kappa shape index (κ3) is 26.7. The molecular formula is C51H92O15. The van der Waals surface area contributed by atoms with Crippen LogP contribution in [0.1, 0.15) is 194 Å². The van der Waals surface area contributed by atoms with E-state index in [0.717, 1.165) is 44.9 Å². The van der Waals surface area contributed by atoms with E-state index in [-0.39, 0.29) is 26.1 Å². The highest BCUT2D eigenvalue weighted by Crippen LogP contribution is 2.26. The van der Waals surface area contributed by atoms with Crippen LogP contribution in [-0.2, 0) is 38.0 Å². The molecule has 0 aliphatic carbocycles. The lowest BCUT2D eigenvalue weighted by atomic mass is 9.98. The second-order valence-corrected chi connectivity index (χ2v) is 18.4. The van der Waals surface area contributed by atoms with Crippen molar-refractivity contribution in [2.45, 2.75) is 261 Å². The second kappa shape index (κ2) is 38.8. The van der Waals surface area contributed by atoms with E-state index in [1.165, 1.54) is 109 Å². The normalized spacial score (nSPS) is 26.3. The molecule has 15 nitrogen and oxygen atoms in total. The first kappa shape index (κ1) is 60.1. The highest BCUT2D eigenvalue weighted by Gasteiger charge is 2.47. The molecule has 0 bridgehead atoms. The number of esters is 2. The van der Waals surface area contributed by atoms with Gasteiger partial charge in [0.15, 0.2) is 18.7 Å². The summed E-state index contributed by atoms with van der Waals surface area (Å²) in [6.45, 7) is 2.56. The Balaban J connectivity index is 1.82. The Morgan fingerprint density at radius 1 is 0.485 bits per heavy atom. The number of carbonyl (C=O) groups excluding carboxylic acids is 2. The maximum Gasteiger partial charge on any atom is 0.306 e. The van der Waals surface area contributed by atoms with E-state index in [0.29, 0.717) is 12.8 Å². The smallest absolute Gasteiger partial charge is 0.306 e. The summed E-state index contributed by atoms with van der Waals surface area (Å²) in [5, 5.41) is 72.0. The van der Waals surface area contributed by atoms with Crippen molar-refractivity contribution in [3.05, 3.63) is 24.3 Å². The van der Waals surface area contributed by atoms with Crippen molar-refractivity contribution in [3.8, 4) is 0 Å². The number of unbranched alkanes of at least 4 members (excludes halogenated alkanes) is 22. The van der Waals surface area contributed by atoms with E-state index in [2.05, 4.69) is 38.2 Å². The van der Waals surface area contributed by atoms with Crippen LogP contribution in [0.3, 0.4) is 0 Å². The van der Waals surface area contributed by atoms with Crippen LogP contribution in [0.15, 0.2) is 24.3 Å². The second-order valence-electron chi connectivity index (χ2n) is 18.4. The molecule has 15 heteroatoms. The molecule has 2 aliphatic heterocycles. The fraction of sp³-hybridized carbons (Fsp3) is 0.882. The van der Waals surface area contributed by atoms with Gasteiger partial charge in [-0.1, -0.05) is 160 Å². The zero-order chi connectivity index (χ0) is 48.2. The van der Waals surface area contributed by atoms with E-state index >= 15 is 0 Å². The van der Waals surface area contributed by atoms with Gasteiger partial charge in [0.1, 0.15) is 55.4 Å². The van der Waals surface area contributed by atoms with Gasteiger partial charge in [-0.25, -0.2) is 0 Å². The summed E-state index contributed by atoms with van der Waals surface area (Å²) in [6, 6.07) is 0. The van der Waals surface area contributed by atoms with Crippen LogP contribution < -0.4 is 0 Å². The summed E-state index contributed by atoms with van der Waals surface area (Å²) in [4.78, 5) is 25.7. The predicted octanol–water partition coefficient (Wildman–Crippen LogP) is 7.16. The summed E-state index contributed by atoms with van der Waals surface area (Å²) >= 11 is 0. The standard InChI is InChI=1S/C51H92O15/c1-3-5-7-9-11-13-15-17-19-21-23-25-27-29-31-33-42(53)61-36-39(64-43(54)34-32-30-28-26-24-22-20-18-16-14-12-10-8-6-4-2)37-62-50-49(60)47(58)45(56)41(66-50)38-63-51-48(59)46(57)44(55)40(35-52)65-51/h17,19,23,25,39-41,44-52,55-60H,3-16,18,20-22,24,26-38H2,1-2H3/b19-17+,25-23+/t39-,40-,41-,44+,45+,46?,47?,48?,49?,50-,51-/m1/s1. The summed E-state index contributed by atoms with van der Waals surface area (Å²) < 4.78 is 33.5. The summed E-state index contributed by atoms with van der Waals surface area (Å²) in [6.07, 6.45) is 22.1. The van der Waals surface area contributed by atoms with Crippen molar-refractivity contribution < 1.29 is 73.8 Å². The van der Waals surface area contributed by atoms with Gasteiger partial charge in [0.25, 0.3) is 0 Å². The number of aliphatic hydroxyl groups excluding tert-OH is 7. The monoisotopic (exact) mass is 945 g/mol. The van der Waals surface area contributed by atoms with Gasteiger partial charge in [-0.2, -0.15) is 0 Å². The fourth-order valence-corrected chi connectivity index (χ4v) is 8.13. The van der Waals surface area contributed by atoms with Crippen LogP contribution in [-0.4, -0.2) is 142 Å². The van der Waals surface area contributed by atoms with E-state index in [1.54, 1.807) is 0 Å². The van der Waals surface area contributed by atoms with Gasteiger partial charge >= 0.3 is 11.9 Å². The highest BCUT2D eigenvalue weighted by molar-refractivity contribution is 5.70. The molecule has 4 unspecified atom stereocenters. The minimum atomic E-state index is -1.77. The Kier molecular flexibility index (Phi) is 35.3. The van der Waals surface area contributed by atoms with Gasteiger partial charge < -0.3 is 64.2 Å². The van der Waals surface area contributed by atoms with Crippen LogP contribution in [0.4, 0.5) is 0 Å². The number of hydrogen-bond donors (Lipinski definition) is 7. The van der Waals surface area contributed by atoms with Crippen LogP contribution in [0.2, 0.25) is 0 Å². The zero-order valence-electron chi connectivity index (χ0n) is 40.7. The zero-order valence-corrected chi connectivity index (χ0v) is 40.7.